The van der Waals surface area contributed by atoms with Crippen LogP contribution in [-0.4, -0.2) is 58.6 Å². The number of carboxylic acids is 1. The van der Waals surface area contributed by atoms with Crippen LogP contribution in [0.2, 0.25) is 0 Å². The minimum Gasteiger partial charge on any atom is -0.480 e. The molecule has 0 aliphatic carbocycles. The van der Waals surface area contributed by atoms with Crippen LogP contribution < -0.4 is 5.73 Å². The number of aliphatic carboxylic acids is 1. The average molecular weight is 269 g/mol. The molecule has 2 amide bonds. The lowest BCUT2D eigenvalue weighted by atomic mass is 10.1. The number of nitrogens with zero attached hydrogens (tertiary/aromatic N) is 2. The van der Waals surface area contributed by atoms with Crippen molar-refractivity contribution in [2.75, 3.05) is 19.6 Å². The molecule has 2 saturated heterocycles. The Morgan fingerprint density at radius 2 is 1.68 bits per heavy atom. The average Bonchev–Trinajstić information content (AvgIpc) is 2.64. The molecule has 0 aromatic carbocycles. The van der Waals surface area contributed by atoms with E-state index in [-0.39, 0.29) is 12.1 Å². The van der Waals surface area contributed by atoms with Crippen molar-refractivity contribution in [3.63, 3.8) is 0 Å². The molecule has 6 heteroatoms. The Labute approximate surface area is 113 Å². The highest BCUT2D eigenvalue weighted by Crippen LogP contribution is 2.20. The summed E-state index contributed by atoms with van der Waals surface area (Å²) in [5.74, 6) is -0.885. The maximum atomic E-state index is 12.5. The van der Waals surface area contributed by atoms with Gasteiger partial charge in [0.2, 0.25) is 0 Å². The van der Waals surface area contributed by atoms with Gasteiger partial charge in [-0.1, -0.05) is 12.8 Å². The summed E-state index contributed by atoms with van der Waals surface area (Å²) in [6, 6.07) is -0.616. The molecule has 108 valence electrons. The quantitative estimate of drug-likeness (QED) is 0.739. The summed E-state index contributed by atoms with van der Waals surface area (Å²) in [4.78, 5) is 27.1. The smallest absolute Gasteiger partial charge is 0.326 e. The van der Waals surface area contributed by atoms with Gasteiger partial charge in [-0.3, -0.25) is 0 Å². The molecular weight excluding hydrogens is 246 g/mol. The summed E-state index contributed by atoms with van der Waals surface area (Å²) in [6.45, 7) is 1.84. The Bertz CT molecular complexity index is 340. The van der Waals surface area contributed by atoms with Crippen LogP contribution in [0, 0.1) is 0 Å². The Morgan fingerprint density at radius 3 is 2.32 bits per heavy atom. The maximum Gasteiger partial charge on any atom is 0.326 e. The number of carboxylic acid groups (broad SMARTS) is 1. The Morgan fingerprint density at radius 1 is 1.00 bits per heavy atom. The largest absolute Gasteiger partial charge is 0.480 e. The molecule has 1 atom stereocenters. The van der Waals surface area contributed by atoms with Gasteiger partial charge in [-0.2, -0.15) is 0 Å². The lowest BCUT2D eigenvalue weighted by Gasteiger charge is -2.36. The fourth-order valence-electron chi connectivity index (χ4n) is 2.87. The number of likely N-dealkylation sites (tertiary alicyclic amines) is 2. The lowest BCUT2D eigenvalue weighted by molar-refractivity contribution is -0.142. The number of carbonyl (C=O) groups is 2. The fourth-order valence-corrected chi connectivity index (χ4v) is 2.87. The topological polar surface area (TPSA) is 86.9 Å². The van der Waals surface area contributed by atoms with E-state index in [0.29, 0.717) is 26.1 Å². The molecule has 2 aliphatic rings. The highest BCUT2D eigenvalue weighted by atomic mass is 16.4. The van der Waals surface area contributed by atoms with E-state index in [0.717, 1.165) is 32.1 Å². The van der Waals surface area contributed by atoms with E-state index in [1.807, 2.05) is 0 Å². The number of nitrogens with two attached hydrogens (primary N) is 1. The molecule has 0 spiro atoms. The van der Waals surface area contributed by atoms with Gasteiger partial charge < -0.3 is 20.6 Å². The number of piperidine rings is 1. The SMILES string of the molecule is NC1CCN(C(=O)N2CCCCCC2C(=O)O)CC1. The molecule has 1 unspecified atom stereocenters. The van der Waals surface area contributed by atoms with E-state index in [4.69, 9.17) is 5.73 Å². The summed E-state index contributed by atoms with van der Waals surface area (Å²) < 4.78 is 0. The number of rotatable bonds is 1. The minimum absolute atomic E-state index is 0.124. The second-order valence-electron chi connectivity index (χ2n) is 5.50. The number of hydrogen-bond acceptors (Lipinski definition) is 3. The molecule has 2 rings (SSSR count). The van der Waals surface area contributed by atoms with Gasteiger partial charge in [0.25, 0.3) is 0 Å². The highest BCUT2D eigenvalue weighted by Gasteiger charge is 2.34. The van der Waals surface area contributed by atoms with Gasteiger partial charge in [-0.25, -0.2) is 9.59 Å². The van der Waals surface area contributed by atoms with Crippen LogP contribution in [-0.2, 0) is 4.79 Å². The molecule has 0 aromatic rings. The van der Waals surface area contributed by atoms with Crippen LogP contribution in [0.5, 0.6) is 0 Å². The van der Waals surface area contributed by atoms with Crippen LogP contribution in [0.15, 0.2) is 0 Å². The second-order valence-corrected chi connectivity index (χ2v) is 5.50. The molecule has 6 nitrogen and oxygen atoms in total. The number of carbonyl (C=O) groups excluding carboxylic acids is 1. The maximum absolute atomic E-state index is 12.5. The van der Waals surface area contributed by atoms with E-state index in [2.05, 4.69) is 0 Å². The lowest BCUT2D eigenvalue weighted by Crippen LogP contribution is -2.53. The van der Waals surface area contributed by atoms with E-state index in [9.17, 15) is 14.7 Å². The van der Waals surface area contributed by atoms with Gasteiger partial charge in [0.05, 0.1) is 0 Å². The van der Waals surface area contributed by atoms with Crippen molar-refractivity contribution in [2.45, 2.75) is 50.6 Å². The molecule has 2 aliphatic heterocycles. The van der Waals surface area contributed by atoms with Crippen molar-refractivity contribution in [3.05, 3.63) is 0 Å². The van der Waals surface area contributed by atoms with Crippen LogP contribution in [0.1, 0.15) is 38.5 Å². The highest BCUT2D eigenvalue weighted by molar-refractivity contribution is 5.82. The zero-order chi connectivity index (χ0) is 13.8. The van der Waals surface area contributed by atoms with Crippen LogP contribution in [0.3, 0.4) is 0 Å². The molecule has 0 bridgehead atoms. The zero-order valence-corrected chi connectivity index (χ0v) is 11.3. The van der Waals surface area contributed by atoms with Crippen molar-refractivity contribution in [2.24, 2.45) is 5.73 Å². The van der Waals surface area contributed by atoms with E-state index >= 15 is 0 Å². The van der Waals surface area contributed by atoms with Crippen molar-refractivity contribution in [1.29, 1.82) is 0 Å². The summed E-state index contributed by atoms with van der Waals surface area (Å²) in [7, 11) is 0. The van der Waals surface area contributed by atoms with E-state index in [1.165, 1.54) is 0 Å². The Kier molecular flexibility index (Phi) is 4.63. The van der Waals surface area contributed by atoms with Gasteiger partial charge in [0.1, 0.15) is 6.04 Å². The molecule has 0 radical (unpaired) electrons. The summed E-state index contributed by atoms with van der Waals surface area (Å²) >= 11 is 0. The van der Waals surface area contributed by atoms with Gasteiger partial charge in [0.15, 0.2) is 0 Å². The second kappa shape index (κ2) is 6.23. The number of urea groups is 1. The van der Waals surface area contributed by atoms with Crippen LogP contribution >= 0.6 is 0 Å². The van der Waals surface area contributed by atoms with E-state index in [1.54, 1.807) is 9.80 Å². The predicted molar refractivity (Wildman–Crippen MR) is 70.8 cm³/mol. The van der Waals surface area contributed by atoms with Crippen molar-refractivity contribution in [1.82, 2.24) is 9.80 Å². The zero-order valence-electron chi connectivity index (χ0n) is 11.3. The Hall–Kier alpha value is -1.30. The summed E-state index contributed by atoms with van der Waals surface area (Å²) in [5, 5.41) is 9.29. The van der Waals surface area contributed by atoms with Gasteiger partial charge >= 0.3 is 12.0 Å². The first kappa shape index (κ1) is 14.1. The van der Waals surface area contributed by atoms with Crippen LogP contribution in [0.4, 0.5) is 4.79 Å². The normalized spacial score (nSPS) is 26.1. The third kappa shape index (κ3) is 3.37. The molecule has 0 saturated carbocycles. The monoisotopic (exact) mass is 269 g/mol. The minimum atomic E-state index is -0.885. The predicted octanol–water partition coefficient (Wildman–Crippen LogP) is 0.859. The third-order valence-corrected chi connectivity index (χ3v) is 4.09. The molecule has 2 heterocycles. The van der Waals surface area contributed by atoms with Gasteiger partial charge in [0, 0.05) is 25.7 Å². The first-order chi connectivity index (χ1) is 9.09. The van der Waals surface area contributed by atoms with Gasteiger partial charge in [-0.05, 0) is 25.7 Å². The number of hydrogen-bond donors (Lipinski definition) is 2. The Balaban J connectivity index is 2.03. The number of amides is 2. The molecule has 19 heavy (non-hydrogen) atoms. The first-order valence-corrected chi connectivity index (χ1v) is 7.13. The first-order valence-electron chi connectivity index (χ1n) is 7.13. The fraction of sp³-hybridized carbons (Fsp3) is 0.846. The van der Waals surface area contributed by atoms with Crippen molar-refractivity contribution in [3.8, 4) is 0 Å². The third-order valence-electron chi connectivity index (χ3n) is 4.09. The van der Waals surface area contributed by atoms with Gasteiger partial charge in [-0.15, -0.1) is 0 Å². The van der Waals surface area contributed by atoms with Crippen molar-refractivity contribution < 1.29 is 14.7 Å². The standard InChI is InChI=1S/C13H23N3O3/c14-10-5-8-15(9-6-10)13(19)16-7-3-1-2-4-11(16)12(17)18/h10-11H,1-9,14H2,(H,17,18). The molecule has 2 fully saturated rings. The van der Waals surface area contributed by atoms with Crippen LogP contribution in [0.25, 0.3) is 0 Å². The molecule has 0 aromatic heterocycles. The van der Waals surface area contributed by atoms with Crippen molar-refractivity contribution >= 4 is 12.0 Å². The molecule has 3 N–H and O–H groups in total. The summed E-state index contributed by atoms with van der Waals surface area (Å²) in [5.41, 5.74) is 5.83. The van der Waals surface area contributed by atoms with E-state index < -0.39 is 12.0 Å². The molecular formula is C13H23N3O3. The summed E-state index contributed by atoms with van der Waals surface area (Å²) in [6.07, 6.45) is 4.94.